The van der Waals surface area contributed by atoms with Crippen molar-refractivity contribution in [1.29, 1.82) is 0 Å². The summed E-state index contributed by atoms with van der Waals surface area (Å²) >= 11 is 0. The molecule has 1 heteroatoms. The Bertz CT molecular complexity index is 374. The highest BCUT2D eigenvalue weighted by molar-refractivity contribution is 5.63. The van der Waals surface area contributed by atoms with Crippen LogP contribution in [-0.4, -0.2) is 0 Å². The van der Waals surface area contributed by atoms with Gasteiger partial charge in [-0.3, -0.25) is 0 Å². The van der Waals surface area contributed by atoms with Gasteiger partial charge in [0.15, 0.2) is 0 Å². The van der Waals surface area contributed by atoms with Gasteiger partial charge in [0.25, 0.3) is 0 Å². The molecule has 1 aromatic carbocycles. The molecule has 1 nitrogen and oxygen atoms in total. The number of hydrogen-bond acceptors (Lipinski definition) is 1. The summed E-state index contributed by atoms with van der Waals surface area (Å²) in [6, 6.07) is 8.30. The van der Waals surface area contributed by atoms with Crippen molar-refractivity contribution in [3.63, 3.8) is 0 Å². The largest absolute Gasteiger partial charge is 0.355 e. The smallest absolute Gasteiger partial charge is 0.0420 e. The maximum Gasteiger partial charge on any atom is 0.0420 e. The van der Waals surface area contributed by atoms with E-state index >= 15 is 0 Å². The van der Waals surface area contributed by atoms with Gasteiger partial charge in [-0.1, -0.05) is 51.3 Å². The van der Waals surface area contributed by atoms with E-state index < -0.39 is 0 Å². The third-order valence-corrected chi connectivity index (χ3v) is 2.46. The number of hydrogen-bond donors (Lipinski definition) is 1. The predicted octanol–water partition coefficient (Wildman–Crippen LogP) is 4.31. The van der Waals surface area contributed by atoms with Crippen molar-refractivity contribution in [2.24, 2.45) is 0 Å². The second-order valence-electron chi connectivity index (χ2n) is 3.31. The Morgan fingerprint density at radius 3 is 2.44 bits per heavy atom. The fraction of sp³-hybridized carbons (Fsp3) is 0.200. The minimum absolute atomic E-state index is 0.939. The van der Waals surface area contributed by atoms with Crippen LogP contribution < -0.4 is 5.32 Å². The Morgan fingerprint density at radius 2 is 1.81 bits per heavy atom. The highest BCUT2D eigenvalue weighted by Gasteiger charge is 2.12. The van der Waals surface area contributed by atoms with Crippen molar-refractivity contribution >= 4 is 5.69 Å². The highest BCUT2D eigenvalue weighted by atomic mass is 14.9. The molecule has 0 fully saturated rings. The van der Waals surface area contributed by atoms with Crippen LogP contribution in [0.25, 0.3) is 0 Å². The Labute approximate surface area is 98.2 Å². The van der Waals surface area contributed by atoms with Gasteiger partial charge in [-0.25, -0.2) is 0 Å². The number of para-hydroxylation sites is 1. The van der Waals surface area contributed by atoms with Gasteiger partial charge in [0.2, 0.25) is 0 Å². The summed E-state index contributed by atoms with van der Waals surface area (Å²) in [6.07, 6.45) is 4.67. The molecule has 0 atom stereocenters. The molecule has 0 radical (unpaired) electrons. The molecule has 0 bridgehead atoms. The normalized spacial score (nSPS) is 12.9. The first-order valence-corrected chi connectivity index (χ1v) is 5.68. The molecule has 0 aliphatic carbocycles. The average Bonchev–Trinajstić information content (AvgIpc) is 2.39. The zero-order valence-corrected chi connectivity index (χ0v) is 10.1. The van der Waals surface area contributed by atoms with E-state index in [1.54, 1.807) is 0 Å². The molecular weight excluding hydrogens is 194 g/mol. The topological polar surface area (TPSA) is 12.0 Å². The number of benzene rings is 1. The van der Waals surface area contributed by atoms with Crippen LogP contribution in [0.2, 0.25) is 0 Å². The van der Waals surface area contributed by atoms with Crippen LogP contribution in [0, 0.1) is 0 Å². The minimum atomic E-state index is 0.939. The molecule has 84 valence electrons. The van der Waals surface area contributed by atoms with E-state index in [1.165, 1.54) is 16.8 Å². The lowest BCUT2D eigenvalue weighted by Crippen LogP contribution is -2.10. The monoisotopic (exact) mass is 213 g/mol. The lowest BCUT2D eigenvalue weighted by atomic mass is 9.97. The van der Waals surface area contributed by atoms with Gasteiger partial charge < -0.3 is 5.32 Å². The molecule has 0 aromatic heterocycles. The molecule has 1 heterocycles. The van der Waals surface area contributed by atoms with Crippen molar-refractivity contribution in [1.82, 2.24) is 0 Å². The van der Waals surface area contributed by atoms with Crippen LogP contribution >= 0.6 is 0 Å². The van der Waals surface area contributed by atoms with Gasteiger partial charge in [-0.15, -0.1) is 0 Å². The quantitative estimate of drug-likeness (QED) is 0.772. The SMILES string of the molecule is C=CC1=C(C=C)Nc2ccccc2C1.CC. The van der Waals surface area contributed by atoms with E-state index in [2.05, 4.69) is 36.7 Å². The first kappa shape index (κ1) is 12.3. The summed E-state index contributed by atoms with van der Waals surface area (Å²) < 4.78 is 0. The standard InChI is InChI=1S/C13H13N.C2H6/c1-3-10-9-11-7-5-6-8-13(11)14-12(10)4-2;1-2/h3-8,14H,1-2,9H2;1-2H3. The number of anilines is 1. The second-order valence-corrected chi connectivity index (χ2v) is 3.31. The Balaban J connectivity index is 0.000000606. The summed E-state index contributed by atoms with van der Waals surface area (Å²) in [6.45, 7) is 11.6. The molecule has 0 amide bonds. The Morgan fingerprint density at radius 1 is 1.12 bits per heavy atom. The van der Waals surface area contributed by atoms with Gasteiger partial charge in [-0.2, -0.15) is 0 Å². The fourth-order valence-corrected chi connectivity index (χ4v) is 1.69. The summed E-state index contributed by atoms with van der Waals surface area (Å²) in [5.41, 5.74) is 4.76. The van der Waals surface area contributed by atoms with Crippen molar-refractivity contribution in [2.45, 2.75) is 20.3 Å². The number of nitrogens with one attached hydrogen (secondary N) is 1. The summed E-state index contributed by atoms with van der Waals surface area (Å²) in [4.78, 5) is 0. The van der Waals surface area contributed by atoms with Gasteiger partial charge >= 0.3 is 0 Å². The number of allylic oxidation sites excluding steroid dienone is 3. The van der Waals surface area contributed by atoms with Crippen LogP contribution in [0.3, 0.4) is 0 Å². The van der Waals surface area contributed by atoms with Gasteiger partial charge in [0.05, 0.1) is 0 Å². The fourth-order valence-electron chi connectivity index (χ4n) is 1.69. The third kappa shape index (κ3) is 2.43. The molecule has 1 aromatic rings. The van der Waals surface area contributed by atoms with Crippen LogP contribution in [0.4, 0.5) is 5.69 Å². The molecule has 16 heavy (non-hydrogen) atoms. The number of rotatable bonds is 2. The Hall–Kier alpha value is -1.76. The van der Waals surface area contributed by atoms with Crippen LogP contribution in [-0.2, 0) is 6.42 Å². The van der Waals surface area contributed by atoms with Crippen LogP contribution in [0.5, 0.6) is 0 Å². The maximum absolute atomic E-state index is 3.81. The molecular formula is C15H19N. The number of fused-ring (bicyclic) bond motifs is 1. The molecule has 1 aliphatic rings. The predicted molar refractivity (Wildman–Crippen MR) is 72.5 cm³/mol. The average molecular weight is 213 g/mol. The maximum atomic E-state index is 3.81. The summed E-state index contributed by atoms with van der Waals surface area (Å²) in [5, 5.41) is 3.34. The summed E-state index contributed by atoms with van der Waals surface area (Å²) in [5.74, 6) is 0. The highest BCUT2D eigenvalue weighted by Crippen LogP contribution is 2.27. The molecule has 0 spiro atoms. The van der Waals surface area contributed by atoms with Crippen LogP contribution in [0.1, 0.15) is 19.4 Å². The molecule has 0 saturated carbocycles. The zero-order chi connectivity index (χ0) is 12.0. The summed E-state index contributed by atoms with van der Waals surface area (Å²) in [7, 11) is 0. The van der Waals surface area contributed by atoms with E-state index in [9.17, 15) is 0 Å². The third-order valence-electron chi connectivity index (χ3n) is 2.46. The van der Waals surface area contributed by atoms with Crippen molar-refractivity contribution in [3.8, 4) is 0 Å². The van der Waals surface area contributed by atoms with Crippen LogP contribution in [0.15, 0.2) is 60.8 Å². The van der Waals surface area contributed by atoms with Gasteiger partial charge in [-0.05, 0) is 23.3 Å². The van der Waals surface area contributed by atoms with Gasteiger partial charge in [0.1, 0.15) is 0 Å². The lowest BCUT2D eigenvalue weighted by Gasteiger charge is -2.21. The molecule has 0 saturated heterocycles. The first-order chi connectivity index (χ1) is 7.85. The zero-order valence-electron chi connectivity index (χ0n) is 10.1. The Kier molecular flexibility index (Phi) is 4.59. The first-order valence-electron chi connectivity index (χ1n) is 5.68. The molecule has 2 rings (SSSR count). The molecule has 0 unspecified atom stereocenters. The van der Waals surface area contributed by atoms with E-state index in [0.29, 0.717) is 0 Å². The molecule has 1 aliphatic heterocycles. The molecule has 1 N–H and O–H groups in total. The van der Waals surface area contributed by atoms with Crippen molar-refractivity contribution in [2.75, 3.05) is 5.32 Å². The van der Waals surface area contributed by atoms with Gasteiger partial charge in [0, 0.05) is 17.8 Å². The van der Waals surface area contributed by atoms with E-state index in [0.717, 1.165) is 12.1 Å². The van der Waals surface area contributed by atoms with Crippen molar-refractivity contribution in [3.05, 3.63) is 66.4 Å². The van der Waals surface area contributed by atoms with E-state index in [1.807, 2.05) is 32.1 Å². The lowest BCUT2D eigenvalue weighted by molar-refractivity contribution is 1.12. The second kappa shape index (κ2) is 5.96. The van der Waals surface area contributed by atoms with E-state index in [4.69, 9.17) is 0 Å². The minimum Gasteiger partial charge on any atom is -0.355 e. The van der Waals surface area contributed by atoms with Crippen molar-refractivity contribution < 1.29 is 0 Å². The van der Waals surface area contributed by atoms with E-state index in [-0.39, 0.29) is 0 Å².